The van der Waals surface area contributed by atoms with Crippen LogP contribution in [0.2, 0.25) is 0 Å². The molecule has 3 heteroatoms. The summed E-state index contributed by atoms with van der Waals surface area (Å²) in [6, 6.07) is 6.33. The zero-order valence-electron chi connectivity index (χ0n) is 9.81. The summed E-state index contributed by atoms with van der Waals surface area (Å²) in [5.41, 5.74) is 0. The summed E-state index contributed by atoms with van der Waals surface area (Å²) < 4.78 is 1.03. The number of rotatable bonds is 2. The van der Waals surface area contributed by atoms with Gasteiger partial charge >= 0.3 is 0 Å². The van der Waals surface area contributed by atoms with Crippen LogP contribution < -0.4 is 4.59 Å². The van der Waals surface area contributed by atoms with Gasteiger partial charge in [0.15, 0.2) is 0 Å². The van der Waals surface area contributed by atoms with Gasteiger partial charge in [0.05, 0.1) is 0 Å². The van der Waals surface area contributed by atoms with Gasteiger partial charge in [0, 0.05) is 38.2 Å². The lowest BCUT2D eigenvalue weighted by molar-refractivity contribution is 0.0252. The minimum Gasteiger partial charge on any atom is -0.203 e. The number of hydrogen-bond acceptors (Lipinski definition) is 2. The van der Waals surface area contributed by atoms with Crippen molar-refractivity contribution in [3.63, 3.8) is 0 Å². The van der Waals surface area contributed by atoms with Gasteiger partial charge in [-0.1, -0.05) is 6.07 Å². The SMILES string of the molecule is c1ccc([N+]2(N3CCCC3)CCCC2)nc1. The molecule has 1 aromatic rings. The van der Waals surface area contributed by atoms with Crippen molar-refractivity contribution in [1.82, 2.24) is 14.6 Å². The highest BCUT2D eigenvalue weighted by molar-refractivity contribution is 5.33. The van der Waals surface area contributed by atoms with Crippen LogP contribution in [0.5, 0.6) is 0 Å². The predicted octanol–water partition coefficient (Wildman–Crippen LogP) is 2.19. The standard InChI is InChI=1S/C13H20N3/c1-2-8-14-13(7-1)16(11-5-6-12-16)15-9-3-4-10-15/h1-2,7-8H,3-6,9-12H2/q+1. The van der Waals surface area contributed by atoms with Crippen LogP contribution in [-0.2, 0) is 0 Å². The van der Waals surface area contributed by atoms with Crippen LogP contribution in [0.3, 0.4) is 0 Å². The van der Waals surface area contributed by atoms with E-state index in [0.29, 0.717) is 0 Å². The molecule has 0 aliphatic carbocycles. The van der Waals surface area contributed by atoms with Gasteiger partial charge in [0.25, 0.3) is 0 Å². The molecule has 0 bridgehead atoms. The zero-order chi connectivity index (χ0) is 10.8. The molecule has 0 radical (unpaired) electrons. The van der Waals surface area contributed by atoms with Gasteiger partial charge in [-0.3, -0.25) is 0 Å². The van der Waals surface area contributed by atoms with Crippen molar-refractivity contribution in [2.45, 2.75) is 25.7 Å². The Morgan fingerprint density at radius 1 is 1.00 bits per heavy atom. The van der Waals surface area contributed by atoms with E-state index >= 15 is 0 Å². The van der Waals surface area contributed by atoms with Crippen molar-refractivity contribution in [2.24, 2.45) is 0 Å². The van der Waals surface area contributed by atoms with Crippen molar-refractivity contribution in [3.05, 3.63) is 24.4 Å². The molecular weight excluding hydrogens is 198 g/mol. The summed E-state index contributed by atoms with van der Waals surface area (Å²) >= 11 is 0. The van der Waals surface area contributed by atoms with E-state index < -0.39 is 0 Å². The first-order chi connectivity index (χ1) is 7.92. The van der Waals surface area contributed by atoms with Gasteiger partial charge in [-0.25, -0.2) is 4.98 Å². The molecule has 0 saturated carbocycles. The summed E-state index contributed by atoms with van der Waals surface area (Å²) in [5.74, 6) is 1.25. The molecule has 2 aliphatic heterocycles. The highest BCUT2D eigenvalue weighted by Crippen LogP contribution is 2.32. The largest absolute Gasteiger partial charge is 0.247 e. The van der Waals surface area contributed by atoms with Gasteiger partial charge < -0.3 is 0 Å². The van der Waals surface area contributed by atoms with E-state index in [1.54, 1.807) is 0 Å². The third kappa shape index (κ3) is 1.55. The molecule has 3 heterocycles. The van der Waals surface area contributed by atoms with E-state index in [4.69, 9.17) is 0 Å². The Morgan fingerprint density at radius 3 is 2.38 bits per heavy atom. The molecule has 0 N–H and O–H groups in total. The molecule has 0 unspecified atom stereocenters. The zero-order valence-corrected chi connectivity index (χ0v) is 9.81. The van der Waals surface area contributed by atoms with Crippen molar-refractivity contribution in [3.8, 4) is 0 Å². The predicted molar refractivity (Wildman–Crippen MR) is 65.8 cm³/mol. The van der Waals surface area contributed by atoms with E-state index in [-0.39, 0.29) is 0 Å². The van der Waals surface area contributed by atoms with Crippen LogP contribution in [0.25, 0.3) is 0 Å². The Labute approximate surface area is 97.3 Å². The van der Waals surface area contributed by atoms with E-state index in [2.05, 4.69) is 22.1 Å². The third-order valence-electron chi connectivity index (χ3n) is 4.01. The molecular formula is C13H20N3+. The number of nitrogens with zero attached hydrogens (tertiary/aromatic N) is 3. The molecule has 0 spiro atoms. The Kier molecular flexibility index (Phi) is 2.65. The van der Waals surface area contributed by atoms with E-state index in [1.165, 1.54) is 57.7 Å². The first-order valence-corrected chi connectivity index (χ1v) is 6.46. The minimum atomic E-state index is 1.03. The molecule has 3 rings (SSSR count). The molecule has 3 nitrogen and oxygen atoms in total. The molecule has 0 aromatic carbocycles. The second kappa shape index (κ2) is 4.15. The van der Waals surface area contributed by atoms with Crippen LogP contribution in [0.15, 0.2) is 24.4 Å². The highest BCUT2D eigenvalue weighted by Gasteiger charge is 2.43. The number of quaternary nitrogens is 1. The first-order valence-electron chi connectivity index (χ1n) is 6.46. The van der Waals surface area contributed by atoms with Gasteiger partial charge in [-0.15, -0.1) is 5.01 Å². The Morgan fingerprint density at radius 2 is 1.75 bits per heavy atom. The number of pyridine rings is 1. The van der Waals surface area contributed by atoms with Crippen LogP contribution in [0, 0.1) is 0 Å². The topological polar surface area (TPSA) is 16.1 Å². The summed E-state index contributed by atoms with van der Waals surface area (Å²) in [4.78, 5) is 4.61. The normalized spacial score (nSPS) is 25.0. The Balaban J connectivity index is 1.96. The minimum absolute atomic E-state index is 1.03. The summed E-state index contributed by atoms with van der Waals surface area (Å²) in [6.45, 7) is 4.99. The monoisotopic (exact) mass is 218 g/mol. The highest BCUT2D eigenvalue weighted by atomic mass is 15.8. The maximum atomic E-state index is 4.61. The maximum absolute atomic E-state index is 4.61. The fourth-order valence-corrected chi connectivity index (χ4v) is 3.20. The molecule has 16 heavy (non-hydrogen) atoms. The quantitative estimate of drug-likeness (QED) is 0.707. The van der Waals surface area contributed by atoms with Crippen molar-refractivity contribution in [1.29, 1.82) is 0 Å². The van der Waals surface area contributed by atoms with E-state index in [1.807, 2.05) is 12.3 Å². The summed E-state index contributed by atoms with van der Waals surface area (Å²) in [6.07, 6.45) is 7.32. The molecule has 0 amide bonds. The fourth-order valence-electron chi connectivity index (χ4n) is 3.20. The second-order valence-corrected chi connectivity index (χ2v) is 4.93. The summed E-state index contributed by atoms with van der Waals surface area (Å²) in [7, 11) is 0. The lowest BCUT2D eigenvalue weighted by Gasteiger charge is -2.39. The first kappa shape index (κ1) is 10.2. The van der Waals surface area contributed by atoms with E-state index in [9.17, 15) is 0 Å². The van der Waals surface area contributed by atoms with Gasteiger partial charge in [0.2, 0.25) is 5.82 Å². The van der Waals surface area contributed by atoms with Crippen molar-refractivity contribution in [2.75, 3.05) is 26.2 Å². The smallest absolute Gasteiger partial charge is 0.203 e. The van der Waals surface area contributed by atoms with Crippen LogP contribution >= 0.6 is 0 Å². The molecule has 0 atom stereocenters. The summed E-state index contributed by atoms with van der Waals surface area (Å²) in [5, 5.41) is 2.63. The Bertz CT molecular complexity index is 337. The molecule has 2 fully saturated rings. The third-order valence-corrected chi connectivity index (χ3v) is 4.01. The van der Waals surface area contributed by atoms with Crippen molar-refractivity contribution >= 4 is 5.82 Å². The van der Waals surface area contributed by atoms with Crippen LogP contribution in [-0.4, -0.2) is 36.2 Å². The van der Waals surface area contributed by atoms with E-state index in [0.717, 1.165) is 4.59 Å². The van der Waals surface area contributed by atoms with Crippen molar-refractivity contribution < 1.29 is 0 Å². The van der Waals surface area contributed by atoms with Crippen LogP contribution in [0.1, 0.15) is 25.7 Å². The fraction of sp³-hybridized carbons (Fsp3) is 0.615. The average molecular weight is 218 g/mol. The second-order valence-electron chi connectivity index (χ2n) is 4.93. The maximum Gasteiger partial charge on any atom is 0.247 e. The Hall–Kier alpha value is -0.930. The lowest BCUT2D eigenvalue weighted by Crippen LogP contribution is -2.59. The van der Waals surface area contributed by atoms with Crippen LogP contribution in [0.4, 0.5) is 5.82 Å². The average Bonchev–Trinajstić information content (AvgIpc) is 3.02. The molecule has 86 valence electrons. The molecule has 2 aliphatic rings. The lowest BCUT2D eigenvalue weighted by atomic mass is 10.4. The number of aromatic nitrogens is 1. The van der Waals surface area contributed by atoms with Gasteiger partial charge in [0.1, 0.15) is 13.1 Å². The molecule has 1 aromatic heterocycles. The molecule has 2 saturated heterocycles. The van der Waals surface area contributed by atoms with Gasteiger partial charge in [-0.05, 0) is 18.9 Å². The van der Waals surface area contributed by atoms with Gasteiger partial charge in [-0.2, -0.15) is 4.59 Å². The number of hydrogen-bond donors (Lipinski definition) is 0.